The molecule has 0 bridgehead atoms. The predicted octanol–water partition coefficient (Wildman–Crippen LogP) is 0.588. The average Bonchev–Trinajstić information content (AvgIpc) is 2.97. The molecule has 1 aliphatic rings. The lowest BCUT2D eigenvalue weighted by molar-refractivity contribution is 0.0995. The molecule has 2 aromatic heterocycles. The molecular weight excluding hydrogens is 240 g/mol. The van der Waals surface area contributed by atoms with Gasteiger partial charge in [0.05, 0.1) is 17.8 Å². The van der Waals surface area contributed by atoms with Gasteiger partial charge in [0.2, 0.25) is 0 Å². The first-order chi connectivity index (χ1) is 9.26. The molecule has 3 heterocycles. The standard InChI is InChI=1S/C13H16N6/c1-17-12(2-4-15-17)3-5-18-9-13(10-18)19-8-11(6-14)7-16-19/h2,4,7-8,13H,3,5,9-10H2,1H3. The van der Waals surface area contributed by atoms with Gasteiger partial charge in [-0.2, -0.15) is 15.5 Å². The Kier molecular flexibility index (Phi) is 3.05. The summed E-state index contributed by atoms with van der Waals surface area (Å²) in [5.41, 5.74) is 1.89. The quantitative estimate of drug-likeness (QED) is 0.803. The Morgan fingerprint density at radius 2 is 2.26 bits per heavy atom. The molecule has 1 fully saturated rings. The third-order valence-corrected chi connectivity index (χ3v) is 3.65. The second-order valence-corrected chi connectivity index (χ2v) is 4.93. The second kappa shape index (κ2) is 4.86. The van der Waals surface area contributed by atoms with E-state index < -0.39 is 0 Å². The van der Waals surface area contributed by atoms with Gasteiger partial charge in [-0.25, -0.2) is 0 Å². The van der Waals surface area contributed by atoms with Crippen LogP contribution in [-0.2, 0) is 13.5 Å². The number of aryl methyl sites for hydroxylation is 1. The molecule has 1 aliphatic heterocycles. The van der Waals surface area contributed by atoms with E-state index in [0.29, 0.717) is 11.6 Å². The first-order valence-corrected chi connectivity index (χ1v) is 6.40. The van der Waals surface area contributed by atoms with Gasteiger partial charge in [0.25, 0.3) is 0 Å². The van der Waals surface area contributed by atoms with Gasteiger partial charge in [-0.05, 0) is 6.07 Å². The molecule has 3 rings (SSSR count). The Labute approximate surface area is 111 Å². The van der Waals surface area contributed by atoms with Gasteiger partial charge in [0, 0.05) is 51.2 Å². The van der Waals surface area contributed by atoms with Gasteiger partial charge in [-0.3, -0.25) is 14.3 Å². The third-order valence-electron chi connectivity index (χ3n) is 3.65. The van der Waals surface area contributed by atoms with Crippen LogP contribution in [0.4, 0.5) is 0 Å². The van der Waals surface area contributed by atoms with Crippen molar-refractivity contribution in [3.05, 3.63) is 35.9 Å². The van der Waals surface area contributed by atoms with E-state index >= 15 is 0 Å². The maximum absolute atomic E-state index is 8.77. The van der Waals surface area contributed by atoms with E-state index in [1.54, 1.807) is 6.20 Å². The van der Waals surface area contributed by atoms with Crippen LogP contribution in [0.2, 0.25) is 0 Å². The van der Waals surface area contributed by atoms with Crippen LogP contribution in [0.1, 0.15) is 17.3 Å². The summed E-state index contributed by atoms with van der Waals surface area (Å²) in [6, 6.07) is 4.58. The number of hydrogen-bond donors (Lipinski definition) is 0. The first-order valence-electron chi connectivity index (χ1n) is 6.40. The van der Waals surface area contributed by atoms with Crippen LogP contribution in [0, 0.1) is 11.3 Å². The fraction of sp³-hybridized carbons (Fsp3) is 0.462. The molecule has 19 heavy (non-hydrogen) atoms. The van der Waals surface area contributed by atoms with Crippen molar-refractivity contribution in [1.29, 1.82) is 5.26 Å². The Hall–Kier alpha value is -2.13. The number of nitrogens with zero attached hydrogens (tertiary/aromatic N) is 6. The zero-order valence-corrected chi connectivity index (χ0v) is 10.9. The van der Waals surface area contributed by atoms with Gasteiger partial charge >= 0.3 is 0 Å². The summed E-state index contributed by atoms with van der Waals surface area (Å²) in [7, 11) is 1.97. The van der Waals surface area contributed by atoms with Crippen molar-refractivity contribution >= 4 is 0 Å². The van der Waals surface area contributed by atoms with Crippen molar-refractivity contribution in [2.45, 2.75) is 12.5 Å². The molecule has 0 amide bonds. The largest absolute Gasteiger partial charge is 0.299 e. The molecule has 2 aromatic rings. The summed E-state index contributed by atoms with van der Waals surface area (Å²) in [6.07, 6.45) is 6.30. The van der Waals surface area contributed by atoms with E-state index in [1.165, 1.54) is 5.69 Å². The Morgan fingerprint density at radius 1 is 1.42 bits per heavy atom. The van der Waals surface area contributed by atoms with E-state index in [9.17, 15) is 0 Å². The van der Waals surface area contributed by atoms with Gasteiger partial charge in [-0.15, -0.1) is 0 Å². The highest BCUT2D eigenvalue weighted by Gasteiger charge is 2.28. The monoisotopic (exact) mass is 256 g/mol. The normalized spacial score (nSPS) is 16.2. The lowest BCUT2D eigenvalue weighted by Crippen LogP contribution is -2.48. The molecule has 0 unspecified atom stereocenters. The highest BCUT2D eigenvalue weighted by atomic mass is 15.4. The van der Waals surface area contributed by atoms with Crippen LogP contribution >= 0.6 is 0 Å². The fourth-order valence-electron chi connectivity index (χ4n) is 2.41. The van der Waals surface area contributed by atoms with E-state index in [0.717, 1.165) is 26.1 Å². The van der Waals surface area contributed by atoms with Crippen LogP contribution in [-0.4, -0.2) is 44.1 Å². The molecular formula is C13H16N6. The molecule has 0 aromatic carbocycles. The average molecular weight is 256 g/mol. The maximum Gasteiger partial charge on any atom is 0.102 e. The summed E-state index contributed by atoms with van der Waals surface area (Å²) in [5.74, 6) is 0. The number of hydrogen-bond acceptors (Lipinski definition) is 4. The van der Waals surface area contributed by atoms with E-state index in [1.807, 2.05) is 28.8 Å². The zero-order valence-electron chi connectivity index (χ0n) is 10.9. The Morgan fingerprint density at radius 3 is 2.89 bits per heavy atom. The van der Waals surface area contributed by atoms with Crippen LogP contribution in [0.15, 0.2) is 24.7 Å². The van der Waals surface area contributed by atoms with Crippen LogP contribution in [0.25, 0.3) is 0 Å². The zero-order chi connectivity index (χ0) is 13.2. The predicted molar refractivity (Wildman–Crippen MR) is 69.3 cm³/mol. The minimum atomic E-state index is 0.411. The van der Waals surface area contributed by atoms with Gasteiger partial charge < -0.3 is 0 Å². The van der Waals surface area contributed by atoms with Crippen LogP contribution in [0.3, 0.4) is 0 Å². The van der Waals surface area contributed by atoms with Crippen molar-refractivity contribution in [1.82, 2.24) is 24.5 Å². The molecule has 0 atom stereocenters. The minimum absolute atomic E-state index is 0.411. The van der Waals surface area contributed by atoms with Crippen molar-refractivity contribution < 1.29 is 0 Å². The minimum Gasteiger partial charge on any atom is -0.299 e. The summed E-state index contributed by atoms with van der Waals surface area (Å²) in [5, 5.41) is 17.2. The summed E-state index contributed by atoms with van der Waals surface area (Å²) in [4.78, 5) is 2.39. The first kappa shape index (κ1) is 11.9. The van der Waals surface area contributed by atoms with E-state index in [-0.39, 0.29) is 0 Å². The Bertz CT molecular complexity index is 599. The summed E-state index contributed by atoms with van der Waals surface area (Å²) in [6.45, 7) is 3.05. The summed E-state index contributed by atoms with van der Waals surface area (Å²) >= 11 is 0. The molecule has 0 saturated carbocycles. The highest BCUT2D eigenvalue weighted by molar-refractivity contribution is 5.22. The van der Waals surface area contributed by atoms with Crippen molar-refractivity contribution in [2.75, 3.05) is 19.6 Å². The topological polar surface area (TPSA) is 62.7 Å². The SMILES string of the molecule is Cn1nccc1CCN1CC(n2cc(C#N)cn2)C1. The lowest BCUT2D eigenvalue weighted by atomic mass is 10.1. The van der Waals surface area contributed by atoms with Gasteiger partial charge in [0.1, 0.15) is 6.07 Å². The summed E-state index contributed by atoms with van der Waals surface area (Å²) < 4.78 is 3.82. The van der Waals surface area contributed by atoms with E-state index in [4.69, 9.17) is 5.26 Å². The van der Waals surface area contributed by atoms with Gasteiger partial charge in [0.15, 0.2) is 0 Å². The number of nitriles is 1. The lowest BCUT2D eigenvalue weighted by Gasteiger charge is -2.39. The maximum atomic E-state index is 8.77. The van der Waals surface area contributed by atoms with Gasteiger partial charge in [-0.1, -0.05) is 0 Å². The molecule has 98 valence electrons. The number of rotatable bonds is 4. The van der Waals surface area contributed by atoms with Crippen molar-refractivity contribution in [3.8, 4) is 6.07 Å². The number of aromatic nitrogens is 4. The smallest absolute Gasteiger partial charge is 0.102 e. The molecule has 0 aliphatic carbocycles. The molecule has 6 nitrogen and oxygen atoms in total. The highest BCUT2D eigenvalue weighted by Crippen LogP contribution is 2.20. The Balaban J connectivity index is 1.48. The third kappa shape index (κ3) is 2.37. The molecule has 0 radical (unpaired) electrons. The van der Waals surface area contributed by atoms with Crippen LogP contribution < -0.4 is 0 Å². The molecule has 1 saturated heterocycles. The van der Waals surface area contributed by atoms with E-state index in [2.05, 4.69) is 27.2 Å². The van der Waals surface area contributed by atoms with Crippen molar-refractivity contribution in [3.63, 3.8) is 0 Å². The molecule has 0 N–H and O–H groups in total. The second-order valence-electron chi connectivity index (χ2n) is 4.93. The van der Waals surface area contributed by atoms with Crippen molar-refractivity contribution in [2.24, 2.45) is 7.05 Å². The van der Waals surface area contributed by atoms with Crippen LogP contribution in [0.5, 0.6) is 0 Å². The molecule has 6 heteroatoms. The fourth-order valence-corrected chi connectivity index (χ4v) is 2.41. The number of likely N-dealkylation sites (tertiary alicyclic amines) is 1. The molecule has 0 spiro atoms.